The zero-order valence-electron chi connectivity index (χ0n) is 12.1. The molecule has 1 aliphatic carbocycles. The van der Waals surface area contributed by atoms with Gasteiger partial charge >= 0.3 is 0 Å². The topological polar surface area (TPSA) is 12.0 Å². The molecule has 0 bridgehead atoms. The SMILES string of the molecule is CCCC1CCCC(NCC2CCSCC2)CC1. The van der Waals surface area contributed by atoms with Gasteiger partial charge in [-0.1, -0.05) is 32.6 Å². The normalized spacial score (nSPS) is 31.2. The summed E-state index contributed by atoms with van der Waals surface area (Å²) >= 11 is 2.14. The lowest BCUT2D eigenvalue weighted by Gasteiger charge is -2.25. The van der Waals surface area contributed by atoms with Crippen molar-refractivity contribution in [1.82, 2.24) is 5.32 Å². The highest BCUT2D eigenvalue weighted by molar-refractivity contribution is 7.99. The Hall–Kier alpha value is 0.310. The van der Waals surface area contributed by atoms with Gasteiger partial charge < -0.3 is 5.32 Å². The first-order valence-corrected chi connectivity index (χ1v) is 9.35. The van der Waals surface area contributed by atoms with Crippen molar-refractivity contribution in [2.45, 2.75) is 70.8 Å². The van der Waals surface area contributed by atoms with Crippen LogP contribution in [0.5, 0.6) is 0 Å². The molecule has 2 atom stereocenters. The monoisotopic (exact) mass is 269 g/mol. The first-order chi connectivity index (χ1) is 8.88. The van der Waals surface area contributed by atoms with Gasteiger partial charge in [-0.3, -0.25) is 0 Å². The summed E-state index contributed by atoms with van der Waals surface area (Å²) in [6, 6.07) is 0.835. The van der Waals surface area contributed by atoms with Crippen LogP contribution in [0.3, 0.4) is 0 Å². The average Bonchev–Trinajstić information content (AvgIpc) is 2.64. The fraction of sp³-hybridized carbons (Fsp3) is 1.00. The Labute approximate surface area is 118 Å². The van der Waals surface area contributed by atoms with Crippen LogP contribution in [0.1, 0.15) is 64.7 Å². The quantitative estimate of drug-likeness (QED) is 0.739. The molecule has 2 rings (SSSR count). The Kier molecular flexibility index (Phi) is 6.93. The largest absolute Gasteiger partial charge is 0.314 e. The maximum absolute atomic E-state index is 3.88. The molecule has 2 fully saturated rings. The summed E-state index contributed by atoms with van der Waals surface area (Å²) in [5.74, 6) is 4.80. The van der Waals surface area contributed by atoms with E-state index in [4.69, 9.17) is 0 Å². The van der Waals surface area contributed by atoms with Crippen molar-refractivity contribution in [1.29, 1.82) is 0 Å². The van der Waals surface area contributed by atoms with Crippen LogP contribution < -0.4 is 5.32 Å². The van der Waals surface area contributed by atoms with E-state index in [9.17, 15) is 0 Å². The van der Waals surface area contributed by atoms with Gasteiger partial charge in [0.05, 0.1) is 0 Å². The Morgan fingerprint density at radius 1 is 0.944 bits per heavy atom. The standard InChI is InChI=1S/C16H31NS/c1-2-4-14-5-3-6-16(8-7-14)17-13-15-9-11-18-12-10-15/h14-17H,2-13H2,1H3. The summed E-state index contributed by atoms with van der Waals surface area (Å²) in [6.07, 6.45) is 13.0. The van der Waals surface area contributed by atoms with Crippen LogP contribution in [-0.2, 0) is 0 Å². The van der Waals surface area contributed by atoms with Gasteiger partial charge in [-0.25, -0.2) is 0 Å². The second-order valence-electron chi connectivity index (χ2n) is 6.32. The fourth-order valence-electron chi connectivity index (χ4n) is 3.56. The van der Waals surface area contributed by atoms with Crippen molar-refractivity contribution in [2.24, 2.45) is 11.8 Å². The summed E-state index contributed by atoms with van der Waals surface area (Å²) in [5.41, 5.74) is 0. The summed E-state index contributed by atoms with van der Waals surface area (Å²) in [4.78, 5) is 0. The zero-order valence-corrected chi connectivity index (χ0v) is 12.9. The number of rotatable bonds is 5. The predicted molar refractivity (Wildman–Crippen MR) is 83.3 cm³/mol. The number of hydrogen-bond donors (Lipinski definition) is 1. The first-order valence-electron chi connectivity index (χ1n) is 8.19. The lowest BCUT2D eigenvalue weighted by molar-refractivity contribution is 0.375. The summed E-state index contributed by atoms with van der Waals surface area (Å²) in [6.45, 7) is 3.63. The van der Waals surface area contributed by atoms with E-state index in [1.165, 1.54) is 75.8 Å². The maximum Gasteiger partial charge on any atom is 0.00672 e. The number of thioether (sulfide) groups is 1. The molecule has 0 radical (unpaired) electrons. The van der Waals surface area contributed by atoms with Gasteiger partial charge in [0.2, 0.25) is 0 Å². The van der Waals surface area contributed by atoms with Crippen LogP contribution >= 0.6 is 11.8 Å². The number of hydrogen-bond acceptors (Lipinski definition) is 2. The van der Waals surface area contributed by atoms with Crippen LogP contribution in [0, 0.1) is 11.8 Å². The molecule has 1 saturated carbocycles. The van der Waals surface area contributed by atoms with Crippen LogP contribution in [0.15, 0.2) is 0 Å². The summed E-state index contributed by atoms with van der Waals surface area (Å²) in [7, 11) is 0. The molecular formula is C16H31NS. The molecule has 0 aromatic heterocycles. The molecule has 0 aromatic carbocycles. The summed E-state index contributed by atoms with van der Waals surface area (Å²) in [5, 5.41) is 3.88. The Morgan fingerprint density at radius 2 is 1.78 bits per heavy atom. The van der Waals surface area contributed by atoms with E-state index in [1.54, 1.807) is 0 Å². The third-order valence-corrected chi connectivity index (χ3v) is 5.87. The lowest BCUT2D eigenvalue weighted by Crippen LogP contribution is -2.34. The molecule has 2 unspecified atom stereocenters. The van der Waals surface area contributed by atoms with E-state index in [1.807, 2.05) is 0 Å². The van der Waals surface area contributed by atoms with Crippen molar-refractivity contribution < 1.29 is 0 Å². The molecule has 1 saturated heterocycles. The summed E-state index contributed by atoms with van der Waals surface area (Å²) < 4.78 is 0. The maximum atomic E-state index is 3.88. The van der Waals surface area contributed by atoms with Crippen molar-refractivity contribution in [3.63, 3.8) is 0 Å². The third-order valence-electron chi connectivity index (χ3n) is 4.82. The molecule has 0 amide bonds. The van der Waals surface area contributed by atoms with Gasteiger partial charge in [0.15, 0.2) is 0 Å². The van der Waals surface area contributed by atoms with Gasteiger partial charge in [-0.05, 0) is 62.0 Å². The molecule has 0 aromatic rings. The van der Waals surface area contributed by atoms with Crippen LogP contribution in [-0.4, -0.2) is 24.1 Å². The molecule has 1 heterocycles. The van der Waals surface area contributed by atoms with Crippen molar-refractivity contribution >= 4 is 11.8 Å². The van der Waals surface area contributed by atoms with Gasteiger partial charge in [-0.15, -0.1) is 0 Å². The van der Waals surface area contributed by atoms with Crippen LogP contribution in [0.4, 0.5) is 0 Å². The average molecular weight is 269 g/mol. The van der Waals surface area contributed by atoms with E-state index < -0.39 is 0 Å². The minimum atomic E-state index is 0.835. The van der Waals surface area contributed by atoms with Crippen LogP contribution in [0.25, 0.3) is 0 Å². The highest BCUT2D eigenvalue weighted by Crippen LogP contribution is 2.27. The molecular weight excluding hydrogens is 238 g/mol. The van der Waals surface area contributed by atoms with E-state index in [-0.39, 0.29) is 0 Å². The zero-order chi connectivity index (χ0) is 12.6. The molecule has 106 valence electrons. The van der Waals surface area contributed by atoms with Crippen molar-refractivity contribution in [3.8, 4) is 0 Å². The minimum absolute atomic E-state index is 0.835. The van der Waals surface area contributed by atoms with Crippen molar-refractivity contribution in [3.05, 3.63) is 0 Å². The molecule has 1 nitrogen and oxygen atoms in total. The van der Waals surface area contributed by atoms with Gasteiger partial charge in [0.25, 0.3) is 0 Å². The van der Waals surface area contributed by atoms with E-state index in [2.05, 4.69) is 24.0 Å². The van der Waals surface area contributed by atoms with Gasteiger partial charge in [0, 0.05) is 6.04 Å². The van der Waals surface area contributed by atoms with E-state index in [0.717, 1.165) is 17.9 Å². The minimum Gasteiger partial charge on any atom is -0.314 e. The van der Waals surface area contributed by atoms with Crippen molar-refractivity contribution in [2.75, 3.05) is 18.1 Å². The fourth-order valence-corrected chi connectivity index (χ4v) is 4.77. The molecule has 18 heavy (non-hydrogen) atoms. The second-order valence-corrected chi connectivity index (χ2v) is 7.55. The van der Waals surface area contributed by atoms with Gasteiger partial charge in [-0.2, -0.15) is 11.8 Å². The molecule has 1 aliphatic heterocycles. The Bertz CT molecular complexity index is 213. The molecule has 0 spiro atoms. The smallest absolute Gasteiger partial charge is 0.00672 e. The van der Waals surface area contributed by atoms with Gasteiger partial charge in [0.1, 0.15) is 0 Å². The Balaban J connectivity index is 1.63. The highest BCUT2D eigenvalue weighted by Gasteiger charge is 2.20. The lowest BCUT2D eigenvalue weighted by atomic mass is 9.95. The molecule has 2 heteroatoms. The first kappa shape index (κ1) is 14.7. The molecule has 1 N–H and O–H groups in total. The number of nitrogens with one attached hydrogen (secondary N) is 1. The second kappa shape index (κ2) is 8.47. The highest BCUT2D eigenvalue weighted by atomic mass is 32.2. The predicted octanol–water partition coefficient (Wildman–Crippen LogP) is 4.47. The van der Waals surface area contributed by atoms with E-state index >= 15 is 0 Å². The van der Waals surface area contributed by atoms with E-state index in [0.29, 0.717) is 0 Å². The molecule has 2 aliphatic rings. The third kappa shape index (κ3) is 5.13. The Morgan fingerprint density at radius 3 is 2.56 bits per heavy atom. The van der Waals surface area contributed by atoms with Crippen LogP contribution in [0.2, 0.25) is 0 Å².